The molecule has 0 unspecified atom stereocenters. The lowest BCUT2D eigenvalue weighted by Crippen LogP contribution is -2.26. The minimum absolute atomic E-state index is 0.0768. The molecule has 2 aromatic carbocycles. The second-order valence-electron chi connectivity index (χ2n) is 6.95. The Labute approximate surface area is 177 Å². The lowest BCUT2D eigenvalue weighted by atomic mass is 10.2. The number of nitrogens with zero attached hydrogens (tertiary/aromatic N) is 3. The van der Waals surface area contributed by atoms with Gasteiger partial charge in [-0.3, -0.25) is 9.59 Å². The summed E-state index contributed by atoms with van der Waals surface area (Å²) in [6, 6.07) is 16.8. The van der Waals surface area contributed by atoms with Crippen LogP contribution in [0.4, 0.5) is 5.82 Å². The third kappa shape index (κ3) is 5.13. The monoisotopic (exact) mass is 418 g/mol. The molecule has 0 aliphatic carbocycles. The number of benzene rings is 2. The first-order valence-electron chi connectivity index (χ1n) is 10.1. The van der Waals surface area contributed by atoms with Crippen LogP contribution in [0.2, 0.25) is 0 Å². The molecular formula is C22H22N6O3. The largest absolute Gasteiger partial charge is 0.368 e. The highest BCUT2D eigenvalue weighted by atomic mass is 16.5. The van der Waals surface area contributed by atoms with Gasteiger partial charge in [0.25, 0.3) is 5.56 Å². The van der Waals surface area contributed by atoms with Gasteiger partial charge in [-0.15, -0.1) is 0 Å². The molecule has 2 aromatic heterocycles. The van der Waals surface area contributed by atoms with E-state index in [0.717, 1.165) is 10.9 Å². The predicted octanol–water partition coefficient (Wildman–Crippen LogP) is 2.52. The average molecular weight is 418 g/mol. The average Bonchev–Trinajstić information content (AvgIpc) is 3.29. The van der Waals surface area contributed by atoms with Gasteiger partial charge in [0.15, 0.2) is 5.82 Å². The molecule has 0 aliphatic heterocycles. The van der Waals surface area contributed by atoms with Crippen LogP contribution in [0.1, 0.15) is 18.7 Å². The molecule has 31 heavy (non-hydrogen) atoms. The number of nitrogens with one attached hydrogen (secondary N) is 3. The number of fused-ring (bicyclic) bond motifs is 1. The summed E-state index contributed by atoms with van der Waals surface area (Å²) in [6.45, 7) is 1.12. The SMILES string of the molecule is O=C(CCc1nc(-c2ccccc2)no1)NCCCNc1n[nH]c(=O)c2ccccc12. The van der Waals surface area contributed by atoms with Crippen molar-refractivity contribution < 1.29 is 9.32 Å². The van der Waals surface area contributed by atoms with Gasteiger partial charge >= 0.3 is 0 Å². The number of rotatable bonds is 9. The van der Waals surface area contributed by atoms with Gasteiger partial charge in [0, 0.05) is 36.9 Å². The molecule has 4 aromatic rings. The molecule has 0 saturated carbocycles. The molecule has 0 fully saturated rings. The number of aryl methyl sites for hydroxylation is 1. The summed E-state index contributed by atoms with van der Waals surface area (Å²) < 4.78 is 5.22. The second kappa shape index (κ2) is 9.66. The maximum absolute atomic E-state index is 12.1. The fourth-order valence-corrected chi connectivity index (χ4v) is 3.14. The van der Waals surface area contributed by atoms with Gasteiger partial charge in [0.1, 0.15) is 0 Å². The van der Waals surface area contributed by atoms with E-state index in [1.165, 1.54) is 0 Å². The topological polar surface area (TPSA) is 126 Å². The van der Waals surface area contributed by atoms with Crippen molar-refractivity contribution in [3.63, 3.8) is 0 Å². The van der Waals surface area contributed by atoms with Crippen LogP contribution in [0.5, 0.6) is 0 Å². The number of amides is 1. The minimum atomic E-state index is -0.217. The fraction of sp³-hybridized carbons (Fsp3) is 0.227. The fourth-order valence-electron chi connectivity index (χ4n) is 3.14. The molecule has 0 aliphatic rings. The molecule has 0 atom stereocenters. The van der Waals surface area contributed by atoms with Gasteiger partial charge in [0.2, 0.25) is 17.6 Å². The van der Waals surface area contributed by atoms with Crippen LogP contribution in [0, 0.1) is 0 Å². The Hall–Kier alpha value is -4.01. The molecule has 3 N–H and O–H groups in total. The van der Waals surface area contributed by atoms with Gasteiger partial charge in [0.05, 0.1) is 5.39 Å². The number of carbonyl (C=O) groups excluding carboxylic acids is 1. The number of H-pyrrole nitrogens is 1. The van der Waals surface area contributed by atoms with Crippen molar-refractivity contribution in [2.24, 2.45) is 0 Å². The first-order valence-corrected chi connectivity index (χ1v) is 10.1. The van der Waals surface area contributed by atoms with Crippen LogP contribution < -0.4 is 16.2 Å². The summed E-state index contributed by atoms with van der Waals surface area (Å²) in [5.74, 6) is 1.50. The second-order valence-corrected chi connectivity index (χ2v) is 6.95. The number of carbonyl (C=O) groups is 1. The molecule has 0 saturated heterocycles. The zero-order chi connectivity index (χ0) is 21.5. The van der Waals surface area contributed by atoms with Crippen molar-refractivity contribution in [3.05, 3.63) is 70.8 Å². The normalized spacial score (nSPS) is 10.8. The number of hydrogen-bond donors (Lipinski definition) is 3. The molecule has 4 rings (SSSR count). The van der Waals surface area contributed by atoms with Crippen molar-refractivity contribution in [2.45, 2.75) is 19.3 Å². The van der Waals surface area contributed by atoms with E-state index in [9.17, 15) is 9.59 Å². The van der Waals surface area contributed by atoms with E-state index in [1.54, 1.807) is 6.07 Å². The van der Waals surface area contributed by atoms with E-state index >= 15 is 0 Å². The molecule has 2 heterocycles. The lowest BCUT2D eigenvalue weighted by molar-refractivity contribution is -0.121. The summed E-state index contributed by atoms with van der Waals surface area (Å²) in [4.78, 5) is 28.2. The Morgan fingerprint density at radius 3 is 2.61 bits per heavy atom. The van der Waals surface area contributed by atoms with Crippen LogP contribution in [0.3, 0.4) is 0 Å². The third-order valence-corrected chi connectivity index (χ3v) is 4.73. The Morgan fingerprint density at radius 2 is 1.77 bits per heavy atom. The number of aromatic nitrogens is 4. The Kier molecular flexibility index (Phi) is 6.32. The third-order valence-electron chi connectivity index (χ3n) is 4.73. The van der Waals surface area contributed by atoms with Gasteiger partial charge in [-0.25, -0.2) is 5.10 Å². The van der Waals surface area contributed by atoms with Crippen LogP contribution in [0.15, 0.2) is 63.9 Å². The highest BCUT2D eigenvalue weighted by Gasteiger charge is 2.10. The van der Waals surface area contributed by atoms with Gasteiger partial charge in [-0.1, -0.05) is 53.7 Å². The van der Waals surface area contributed by atoms with E-state index in [2.05, 4.69) is 31.0 Å². The molecule has 158 valence electrons. The zero-order valence-corrected chi connectivity index (χ0v) is 16.8. The van der Waals surface area contributed by atoms with Crippen LogP contribution >= 0.6 is 0 Å². The van der Waals surface area contributed by atoms with Crippen molar-refractivity contribution in [1.29, 1.82) is 0 Å². The molecule has 0 radical (unpaired) electrons. The molecule has 0 spiro atoms. The highest BCUT2D eigenvalue weighted by Crippen LogP contribution is 2.17. The summed E-state index contributed by atoms with van der Waals surface area (Å²) in [6.07, 6.45) is 1.37. The molecule has 9 heteroatoms. The molecule has 0 bridgehead atoms. The smallest absolute Gasteiger partial charge is 0.272 e. The van der Waals surface area contributed by atoms with E-state index < -0.39 is 0 Å². The van der Waals surface area contributed by atoms with Gasteiger partial charge in [-0.2, -0.15) is 10.1 Å². The number of hydrogen-bond acceptors (Lipinski definition) is 7. The van der Waals surface area contributed by atoms with Crippen molar-refractivity contribution >= 4 is 22.5 Å². The standard InChI is InChI=1S/C22H22N6O3/c29-18(11-12-19-25-20(28-31-19)15-7-2-1-3-8-15)23-13-6-14-24-21-16-9-4-5-10-17(16)22(30)27-26-21/h1-5,7-10H,6,11-14H2,(H,23,29)(H,24,26)(H,27,30). The van der Waals surface area contributed by atoms with Gasteiger partial charge < -0.3 is 15.2 Å². The van der Waals surface area contributed by atoms with Crippen LogP contribution in [0.25, 0.3) is 22.2 Å². The van der Waals surface area contributed by atoms with Crippen LogP contribution in [-0.2, 0) is 11.2 Å². The Bertz CT molecular complexity index is 1220. The predicted molar refractivity (Wildman–Crippen MR) is 117 cm³/mol. The van der Waals surface area contributed by atoms with Crippen molar-refractivity contribution in [3.8, 4) is 11.4 Å². The summed E-state index contributed by atoms with van der Waals surface area (Å²) in [7, 11) is 0. The summed E-state index contributed by atoms with van der Waals surface area (Å²) in [5, 5.41) is 17.9. The first kappa shape index (κ1) is 20.3. The lowest BCUT2D eigenvalue weighted by Gasteiger charge is -2.08. The summed E-state index contributed by atoms with van der Waals surface area (Å²) in [5.41, 5.74) is 0.657. The highest BCUT2D eigenvalue weighted by molar-refractivity contribution is 5.90. The van der Waals surface area contributed by atoms with Crippen molar-refractivity contribution in [2.75, 3.05) is 18.4 Å². The molecule has 9 nitrogen and oxygen atoms in total. The van der Waals surface area contributed by atoms with E-state index in [-0.39, 0.29) is 17.9 Å². The summed E-state index contributed by atoms with van der Waals surface area (Å²) >= 11 is 0. The van der Waals surface area contributed by atoms with Gasteiger partial charge in [-0.05, 0) is 12.5 Å². The van der Waals surface area contributed by atoms with E-state index in [4.69, 9.17) is 4.52 Å². The maximum Gasteiger partial charge on any atom is 0.272 e. The molecular weight excluding hydrogens is 396 g/mol. The van der Waals surface area contributed by atoms with E-state index in [0.29, 0.717) is 48.9 Å². The van der Waals surface area contributed by atoms with E-state index in [1.807, 2.05) is 48.5 Å². The van der Waals surface area contributed by atoms with Crippen LogP contribution in [-0.4, -0.2) is 39.3 Å². The Morgan fingerprint density at radius 1 is 1.00 bits per heavy atom. The Balaban J connectivity index is 1.18. The maximum atomic E-state index is 12.1. The number of aromatic amines is 1. The van der Waals surface area contributed by atoms with Crippen molar-refractivity contribution in [1.82, 2.24) is 25.7 Å². The molecule has 1 amide bonds. The minimum Gasteiger partial charge on any atom is -0.368 e. The quantitative estimate of drug-likeness (QED) is 0.357. The first-order chi connectivity index (χ1) is 15.2. The number of anilines is 1. The zero-order valence-electron chi connectivity index (χ0n) is 16.8.